The summed E-state index contributed by atoms with van der Waals surface area (Å²) in [6.45, 7) is 9.58. The van der Waals surface area contributed by atoms with Gasteiger partial charge in [-0.1, -0.05) is 258 Å². The third kappa shape index (κ3) is 6.62. The number of nitrogens with zero attached hydrogens (tertiary/aromatic N) is 2. The normalized spacial score (nSPS) is 14.5. The van der Waals surface area contributed by atoms with Gasteiger partial charge in [-0.2, -0.15) is 0 Å². The molecular weight excluding hydrogens is 977 g/mol. The van der Waals surface area contributed by atoms with E-state index < -0.39 is 5.41 Å². The smallest absolute Gasteiger partial charge is 0.0766 e. The fourth-order valence-corrected chi connectivity index (χ4v) is 15.1. The molecule has 4 aliphatic carbocycles. The van der Waals surface area contributed by atoms with Gasteiger partial charge in [0.2, 0.25) is 0 Å². The lowest BCUT2D eigenvalue weighted by molar-refractivity contribution is 0.660. The zero-order chi connectivity index (χ0) is 54.2. The molecule has 384 valence electrons. The van der Waals surface area contributed by atoms with Crippen molar-refractivity contribution in [2.45, 2.75) is 43.9 Å². The molecular formula is C79H58N2. The van der Waals surface area contributed by atoms with Gasteiger partial charge in [-0.15, -0.1) is 0 Å². The zero-order valence-electron chi connectivity index (χ0n) is 46.0. The molecule has 2 heteroatoms. The van der Waals surface area contributed by atoms with Crippen molar-refractivity contribution in [3.05, 3.63) is 324 Å². The fraction of sp³-hybridized carbons (Fsp3) is 0.0886. The van der Waals surface area contributed by atoms with Crippen molar-refractivity contribution in [3.63, 3.8) is 0 Å². The number of para-hydroxylation sites is 2. The van der Waals surface area contributed by atoms with Crippen LogP contribution in [0, 0.1) is 0 Å². The SMILES string of the molecule is CC1(C)c2ccccc2-c2ccc(N(c3ccccc3-c3ccccc3)c3cccc4c3C3(c5ccccc5-4)c4ccccc4-c4cccc(N(c5ccc6c(c5)C(C)(C)c5ccccc5-6)c5ccccc5-c5ccccc5)c43)cc21. The summed E-state index contributed by atoms with van der Waals surface area (Å²) in [4.78, 5) is 5.22. The van der Waals surface area contributed by atoms with Crippen LogP contribution in [-0.4, -0.2) is 0 Å². The minimum Gasteiger partial charge on any atom is -0.310 e. The molecule has 2 nitrogen and oxygen atoms in total. The Bertz CT molecular complexity index is 4250. The zero-order valence-corrected chi connectivity index (χ0v) is 46.0. The first-order valence-corrected chi connectivity index (χ1v) is 28.6. The Balaban J connectivity index is 1.02. The first-order chi connectivity index (χ1) is 39.7. The second-order valence-electron chi connectivity index (χ2n) is 23.5. The number of hydrogen-bond acceptors (Lipinski definition) is 2. The number of benzene rings is 12. The number of hydrogen-bond donors (Lipinski definition) is 0. The van der Waals surface area contributed by atoms with Crippen LogP contribution in [0.3, 0.4) is 0 Å². The summed E-state index contributed by atoms with van der Waals surface area (Å²) in [7, 11) is 0. The second kappa shape index (κ2) is 17.6. The van der Waals surface area contributed by atoms with Gasteiger partial charge >= 0.3 is 0 Å². The Morgan fingerprint density at radius 3 is 0.926 bits per heavy atom. The van der Waals surface area contributed by atoms with E-state index in [9.17, 15) is 0 Å². The van der Waals surface area contributed by atoms with Crippen LogP contribution in [0.1, 0.15) is 72.2 Å². The van der Waals surface area contributed by atoms with Gasteiger partial charge in [0.05, 0.1) is 28.2 Å². The highest BCUT2D eigenvalue weighted by molar-refractivity contribution is 6.05. The van der Waals surface area contributed by atoms with Crippen LogP contribution in [0.5, 0.6) is 0 Å². The van der Waals surface area contributed by atoms with Gasteiger partial charge < -0.3 is 9.80 Å². The molecule has 0 saturated carbocycles. The second-order valence-corrected chi connectivity index (χ2v) is 23.5. The van der Waals surface area contributed by atoms with Gasteiger partial charge in [-0.25, -0.2) is 0 Å². The van der Waals surface area contributed by atoms with E-state index in [1.54, 1.807) is 0 Å². The first-order valence-electron chi connectivity index (χ1n) is 28.6. The first kappa shape index (κ1) is 47.3. The maximum absolute atomic E-state index is 2.61. The average Bonchev–Trinajstić information content (AvgIpc) is 2.07. The quantitative estimate of drug-likeness (QED) is 0.150. The molecule has 0 unspecified atom stereocenters. The predicted octanol–water partition coefficient (Wildman–Crippen LogP) is 20.9. The molecule has 0 fully saturated rings. The molecule has 0 radical (unpaired) electrons. The fourth-order valence-electron chi connectivity index (χ4n) is 15.1. The van der Waals surface area contributed by atoms with Crippen LogP contribution in [-0.2, 0) is 16.2 Å². The number of anilines is 6. The minimum atomic E-state index is -0.788. The van der Waals surface area contributed by atoms with Crippen LogP contribution in [0.15, 0.2) is 279 Å². The Hall–Kier alpha value is -9.76. The third-order valence-electron chi connectivity index (χ3n) is 18.7. The molecule has 0 aromatic heterocycles. The van der Waals surface area contributed by atoms with Crippen LogP contribution in [0.25, 0.3) is 66.8 Å². The minimum absolute atomic E-state index is 0.212. The van der Waals surface area contributed by atoms with Gasteiger partial charge in [0, 0.05) is 44.5 Å². The van der Waals surface area contributed by atoms with Crippen LogP contribution >= 0.6 is 0 Å². The van der Waals surface area contributed by atoms with E-state index in [1.807, 2.05) is 0 Å². The van der Waals surface area contributed by atoms with Crippen LogP contribution in [0.4, 0.5) is 34.1 Å². The van der Waals surface area contributed by atoms with Crippen LogP contribution < -0.4 is 9.80 Å². The van der Waals surface area contributed by atoms with E-state index >= 15 is 0 Å². The highest BCUT2D eigenvalue weighted by atomic mass is 15.2. The van der Waals surface area contributed by atoms with E-state index in [-0.39, 0.29) is 10.8 Å². The van der Waals surface area contributed by atoms with Crippen molar-refractivity contribution in [2.75, 3.05) is 9.80 Å². The Kier molecular flexibility index (Phi) is 10.3. The summed E-state index contributed by atoms with van der Waals surface area (Å²) in [6.07, 6.45) is 0. The van der Waals surface area contributed by atoms with Gasteiger partial charge in [0.25, 0.3) is 0 Å². The molecule has 0 amide bonds. The lowest BCUT2D eigenvalue weighted by Gasteiger charge is -2.39. The van der Waals surface area contributed by atoms with Gasteiger partial charge in [0.15, 0.2) is 0 Å². The summed E-state index contributed by atoms with van der Waals surface area (Å²) in [5.41, 5.74) is 31.0. The van der Waals surface area contributed by atoms with Crippen molar-refractivity contribution in [3.8, 4) is 66.8 Å². The van der Waals surface area contributed by atoms with Gasteiger partial charge in [-0.3, -0.25) is 0 Å². The molecule has 1 spiro atoms. The monoisotopic (exact) mass is 1030 g/mol. The van der Waals surface area contributed by atoms with Gasteiger partial charge in [-0.05, 0) is 138 Å². The predicted molar refractivity (Wildman–Crippen MR) is 338 cm³/mol. The van der Waals surface area contributed by atoms with Crippen molar-refractivity contribution in [1.29, 1.82) is 0 Å². The maximum atomic E-state index is 2.61. The largest absolute Gasteiger partial charge is 0.310 e. The summed E-state index contributed by atoms with van der Waals surface area (Å²) >= 11 is 0. The van der Waals surface area contributed by atoms with E-state index in [0.717, 1.165) is 34.1 Å². The molecule has 0 heterocycles. The van der Waals surface area contributed by atoms with Crippen molar-refractivity contribution >= 4 is 34.1 Å². The van der Waals surface area contributed by atoms with Gasteiger partial charge in [0.1, 0.15) is 0 Å². The van der Waals surface area contributed by atoms with E-state index in [1.165, 1.54) is 111 Å². The molecule has 0 atom stereocenters. The number of fused-ring (bicyclic) bond motifs is 16. The average molecular weight is 1040 g/mol. The highest BCUT2D eigenvalue weighted by Crippen LogP contribution is 2.68. The maximum Gasteiger partial charge on any atom is 0.0766 e. The van der Waals surface area contributed by atoms with E-state index in [2.05, 4.69) is 317 Å². The van der Waals surface area contributed by atoms with Crippen molar-refractivity contribution < 1.29 is 0 Å². The Labute approximate surface area is 475 Å². The highest BCUT2D eigenvalue weighted by Gasteiger charge is 2.55. The molecule has 12 aromatic carbocycles. The molecule has 0 N–H and O–H groups in total. The molecule has 12 aromatic rings. The summed E-state index contributed by atoms with van der Waals surface area (Å²) in [6, 6.07) is 105. The number of rotatable bonds is 8. The Morgan fingerprint density at radius 2 is 0.519 bits per heavy atom. The van der Waals surface area contributed by atoms with Crippen molar-refractivity contribution in [2.24, 2.45) is 0 Å². The lowest BCUT2D eigenvalue weighted by Crippen LogP contribution is -2.30. The molecule has 4 aliphatic rings. The molecule has 0 saturated heterocycles. The topological polar surface area (TPSA) is 6.48 Å². The van der Waals surface area contributed by atoms with Crippen LogP contribution in [0.2, 0.25) is 0 Å². The lowest BCUT2D eigenvalue weighted by atomic mass is 9.69. The summed E-state index contributed by atoms with van der Waals surface area (Å²) in [5.74, 6) is 0. The third-order valence-corrected chi connectivity index (χ3v) is 18.7. The van der Waals surface area contributed by atoms with E-state index in [0.29, 0.717) is 0 Å². The van der Waals surface area contributed by atoms with E-state index in [4.69, 9.17) is 0 Å². The summed E-state index contributed by atoms with van der Waals surface area (Å²) < 4.78 is 0. The standard InChI is InChI=1S/C79H58N2/c1-77(2)65-37-17-11-31-57(65)61-47-45-53(49-69(61)77)80(71-41-21-15-29-55(71)51-25-7-5-8-26-51)73-43-23-35-63-59-33-13-19-39-67(59)79(75(63)73)68-40-20-14-34-60(68)64-36-24-44-74(76(64)79)81(72-42-22-16-30-56(72)52-27-9-6-10-28-52)54-46-48-62-58-32-12-18-38-66(58)78(3,4)70(62)50-54/h5-50H,1-4H3. The summed E-state index contributed by atoms with van der Waals surface area (Å²) in [5, 5.41) is 0. The Morgan fingerprint density at radius 1 is 0.222 bits per heavy atom. The molecule has 81 heavy (non-hydrogen) atoms. The van der Waals surface area contributed by atoms with Crippen molar-refractivity contribution in [1.82, 2.24) is 0 Å². The molecule has 0 bridgehead atoms. The molecule has 16 rings (SSSR count). The molecule has 0 aliphatic heterocycles.